The zero-order chi connectivity index (χ0) is 18.0. The molecule has 4 amide bonds. The van der Waals surface area contributed by atoms with Gasteiger partial charge in [0.25, 0.3) is 11.8 Å². The van der Waals surface area contributed by atoms with Crippen molar-refractivity contribution in [3.8, 4) is 0 Å². The van der Waals surface area contributed by atoms with Gasteiger partial charge in [0, 0.05) is 15.6 Å². The van der Waals surface area contributed by atoms with Crippen molar-refractivity contribution in [1.29, 1.82) is 0 Å². The Balaban J connectivity index is 1.97. The minimum absolute atomic E-state index is 0.0480. The number of barbiturate groups is 1. The minimum Gasteiger partial charge on any atom is -0.273 e. The number of hydrogen-bond acceptors (Lipinski definition) is 3. The summed E-state index contributed by atoms with van der Waals surface area (Å²) in [6.07, 6.45) is 1.30. The van der Waals surface area contributed by atoms with Crippen LogP contribution in [0.15, 0.2) is 54.1 Å². The summed E-state index contributed by atoms with van der Waals surface area (Å²) in [5.74, 6) is -1.48. The topological polar surface area (TPSA) is 66.5 Å². The van der Waals surface area contributed by atoms with Gasteiger partial charge in [0.2, 0.25) is 0 Å². The number of hydrogen-bond donors (Lipinski definition) is 1. The van der Waals surface area contributed by atoms with E-state index in [2.05, 4.69) is 5.32 Å². The van der Waals surface area contributed by atoms with Crippen LogP contribution in [0.3, 0.4) is 0 Å². The molecular weight excluding hydrogens is 363 g/mol. The first-order valence-electron chi connectivity index (χ1n) is 7.34. The molecule has 0 aliphatic carbocycles. The van der Waals surface area contributed by atoms with Crippen LogP contribution in [-0.4, -0.2) is 22.7 Å². The molecule has 0 aromatic heterocycles. The van der Waals surface area contributed by atoms with Gasteiger partial charge in [-0.25, -0.2) is 4.79 Å². The number of rotatable bonds is 3. The van der Waals surface area contributed by atoms with Crippen LogP contribution < -0.4 is 5.32 Å². The van der Waals surface area contributed by atoms with Crippen LogP contribution in [-0.2, 0) is 16.1 Å². The molecule has 5 nitrogen and oxygen atoms in total. The van der Waals surface area contributed by atoms with Gasteiger partial charge in [0.15, 0.2) is 0 Å². The molecule has 1 N–H and O–H groups in total. The summed E-state index contributed by atoms with van der Waals surface area (Å²) < 4.78 is 0. The number of nitrogens with zero attached hydrogens (tertiary/aromatic N) is 1. The fourth-order valence-electron chi connectivity index (χ4n) is 2.40. The standard InChI is InChI=1S/C18H12Cl2N2O3/c19-14-7-4-8-15(20)12(14)9-13-16(23)21-18(25)22(17(13)24)10-11-5-2-1-3-6-11/h1-9H,10H2,(H,21,23,25). The Morgan fingerprint density at radius 3 is 2.20 bits per heavy atom. The summed E-state index contributed by atoms with van der Waals surface area (Å²) in [6.45, 7) is 0.0480. The number of amides is 4. The zero-order valence-electron chi connectivity index (χ0n) is 12.8. The van der Waals surface area contributed by atoms with Crippen LogP contribution >= 0.6 is 23.2 Å². The molecule has 1 fully saturated rings. The summed E-state index contributed by atoms with van der Waals surface area (Å²) in [7, 11) is 0. The lowest BCUT2D eigenvalue weighted by Crippen LogP contribution is -2.53. The molecule has 1 aliphatic heterocycles. The maximum absolute atomic E-state index is 12.7. The van der Waals surface area contributed by atoms with Gasteiger partial charge in [0.05, 0.1) is 6.54 Å². The van der Waals surface area contributed by atoms with E-state index in [-0.39, 0.29) is 12.1 Å². The third-order valence-electron chi connectivity index (χ3n) is 3.66. The van der Waals surface area contributed by atoms with Crippen molar-refractivity contribution in [2.45, 2.75) is 6.54 Å². The second-order valence-corrected chi connectivity index (χ2v) is 6.14. The predicted molar refractivity (Wildman–Crippen MR) is 95.0 cm³/mol. The highest BCUT2D eigenvalue weighted by Crippen LogP contribution is 2.28. The summed E-state index contributed by atoms with van der Waals surface area (Å²) in [5.41, 5.74) is 0.902. The van der Waals surface area contributed by atoms with Crippen LogP contribution in [0.1, 0.15) is 11.1 Å². The molecule has 2 aromatic carbocycles. The van der Waals surface area contributed by atoms with E-state index in [9.17, 15) is 14.4 Å². The first kappa shape index (κ1) is 17.2. The van der Waals surface area contributed by atoms with E-state index in [4.69, 9.17) is 23.2 Å². The normalized spacial score (nSPS) is 16.3. The third-order valence-corrected chi connectivity index (χ3v) is 4.32. The quantitative estimate of drug-likeness (QED) is 0.658. The molecule has 25 heavy (non-hydrogen) atoms. The Morgan fingerprint density at radius 2 is 1.56 bits per heavy atom. The molecule has 3 rings (SSSR count). The van der Waals surface area contributed by atoms with Crippen molar-refractivity contribution in [1.82, 2.24) is 10.2 Å². The average molecular weight is 375 g/mol. The number of imide groups is 2. The number of nitrogens with one attached hydrogen (secondary N) is 1. The van der Waals surface area contributed by atoms with Crippen LogP contribution in [0.25, 0.3) is 6.08 Å². The fourth-order valence-corrected chi connectivity index (χ4v) is 2.90. The molecule has 0 radical (unpaired) electrons. The van der Waals surface area contributed by atoms with Crippen molar-refractivity contribution in [2.75, 3.05) is 0 Å². The van der Waals surface area contributed by atoms with E-state index >= 15 is 0 Å². The fraction of sp³-hybridized carbons (Fsp3) is 0.0556. The molecule has 1 aliphatic rings. The first-order valence-corrected chi connectivity index (χ1v) is 8.10. The number of carbonyl (C=O) groups is 3. The Labute approximate surface area is 153 Å². The van der Waals surface area contributed by atoms with Crippen LogP contribution in [0.5, 0.6) is 0 Å². The van der Waals surface area contributed by atoms with E-state index < -0.39 is 17.8 Å². The highest BCUT2D eigenvalue weighted by atomic mass is 35.5. The Hall–Kier alpha value is -2.63. The molecule has 0 saturated carbocycles. The highest BCUT2D eigenvalue weighted by molar-refractivity contribution is 6.38. The van der Waals surface area contributed by atoms with Gasteiger partial charge in [-0.2, -0.15) is 0 Å². The summed E-state index contributed by atoms with van der Waals surface area (Å²) in [6, 6.07) is 13.1. The van der Waals surface area contributed by atoms with Gasteiger partial charge >= 0.3 is 6.03 Å². The minimum atomic E-state index is -0.782. The summed E-state index contributed by atoms with van der Waals surface area (Å²) in [5, 5.41) is 2.76. The average Bonchev–Trinajstić information content (AvgIpc) is 2.58. The lowest BCUT2D eigenvalue weighted by atomic mass is 10.1. The van der Waals surface area contributed by atoms with E-state index in [1.165, 1.54) is 6.08 Å². The molecule has 0 atom stereocenters. The van der Waals surface area contributed by atoms with Crippen molar-refractivity contribution < 1.29 is 14.4 Å². The molecular formula is C18H12Cl2N2O3. The van der Waals surface area contributed by atoms with Gasteiger partial charge in [-0.15, -0.1) is 0 Å². The van der Waals surface area contributed by atoms with Gasteiger partial charge in [-0.3, -0.25) is 19.8 Å². The van der Waals surface area contributed by atoms with Gasteiger partial charge in [-0.1, -0.05) is 59.6 Å². The van der Waals surface area contributed by atoms with Gasteiger partial charge in [-0.05, 0) is 23.8 Å². The van der Waals surface area contributed by atoms with E-state index in [1.54, 1.807) is 42.5 Å². The van der Waals surface area contributed by atoms with Crippen molar-refractivity contribution in [2.24, 2.45) is 0 Å². The SMILES string of the molecule is O=C1NC(=O)N(Cc2ccccc2)C(=O)C1=Cc1c(Cl)cccc1Cl. The maximum atomic E-state index is 12.7. The molecule has 1 heterocycles. The van der Waals surface area contributed by atoms with E-state index in [1.807, 2.05) is 6.07 Å². The first-order chi connectivity index (χ1) is 12.0. The van der Waals surface area contributed by atoms with Crippen LogP contribution in [0, 0.1) is 0 Å². The Kier molecular flexibility index (Phi) is 4.88. The number of benzene rings is 2. The zero-order valence-corrected chi connectivity index (χ0v) is 14.3. The van der Waals surface area contributed by atoms with E-state index in [0.29, 0.717) is 15.6 Å². The molecule has 0 spiro atoms. The second-order valence-electron chi connectivity index (χ2n) is 5.33. The number of halogens is 2. The smallest absolute Gasteiger partial charge is 0.273 e. The second kappa shape index (κ2) is 7.09. The van der Waals surface area contributed by atoms with Gasteiger partial charge < -0.3 is 0 Å². The Bertz CT molecular complexity index is 874. The third kappa shape index (κ3) is 3.57. The largest absolute Gasteiger partial charge is 0.331 e. The molecule has 2 aromatic rings. The summed E-state index contributed by atoms with van der Waals surface area (Å²) >= 11 is 12.2. The predicted octanol–water partition coefficient (Wildman–Crippen LogP) is 3.66. The number of carbonyl (C=O) groups excluding carboxylic acids is 3. The number of urea groups is 1. The van der Waals surface area contributed by atoms with E-state index in [0.717, 1.165) is 10.5 Å². The molecule has 7 heteroatoms. The lowest BCUT2D eigenvalue weighted by Gasteiger charge is -2.26. The van der Waals surface area contributed by atoms with Crippen LogP contribution in [0.4, 0.5) is 4.79 Å². The molecule has 0 unspecified atom stereocenters. The Morgan fingerprint density at radius 1 is 0.920 bits per heavy atom. The van der Waals surface area contributed by atoms with Crippen molar-refractivity contribution >= 4 is 47.1 Å². The van der Waals surface area contributed by atoms with Crippen LogP contribution in [0.2, 0.25) is 10.0 Å². The maximum Gasteiger partial charge on any atom is 0.331 e. The highest BCUT2D eigenvalue weighted by Gasteiger charge is 2.35. The molecule has 1 saturated heterocycles. The van der Waals surface area contributed by atoms with Crippen molar-refractivity contribution in [3.05, 3.63) is 75.3 Å². The van der Waals surface area contributed by atoms with Crippen molar-refractivity contribution in [3.63, 3.8) is 0 Å². The lowest BCUT2D eigenvalue weighted by molar-refractivity contribution is -0.130. The molecule has 126 valence electrons. The van der Waals surface area contributed by atoms with Gasteiger partial charge in [0.1, 0.15) is 5.57 Å². The monoisotopic (exact) mass is 374 g/mol. The molecule has 0 bridgehead atoms. The summed E-state index contributed by atoms with van der Waals surface area (Å²) in [4.78, 5) is 37.8.